The Bertz CT molecular complexity index is 606. The number of fused-ring (bicyclic) bond motifs is 1. The van der Waals surface area contributed by atoms with Crippen LogP contribution in [0.5, 0.6) is 0 Å². The summed E-state index contributed by atoms with van der Waals surface area (Å²) in [6.07, 6.45) is 8.41. The summed E-state index contributed by atoms with van der Waals surface area (Å²) in [6.45, 7) is 2.28. The van der Waals surface area contributed by atoms with Crippen molar-refractivity contribution in [2.45, 2.75) is 57.4 Å². The van der Waals surface area contributed by atoms with Gasteiger partial charge in [-0.3, -0.25) is 0 Å². The number of nitrogens with zero attached hydrogens (tertiary/aromatic N) is 2. The number of para-hydroxylation sites is 2. The molecule has 0 spiro atoms. The molecule has 3 rings (SSSR count). The topological polar surface area (TPSA) is 43.8 Å². The summed E-state index contributed by atoms with van der Waals surface area (Å²) in [5.41, 5.74) is 8.92. The van der Waals surface area contributed by atoms with Gasteiger partial charge in [0.25, 0.3) is 0 Å². The van der Waals surface area contributed by atoms with Crippen LogP contribution in [0.3, 0.4) is 0 Å². The van der Waals surface area contributed by atoms with Crippen LogP contribution in [0, 0.1) is 5.92 Å². The van der Waals surface area contributed by atoms with Gasteiger partial charge in [0.05, 0.1) is 11.0 Å². The van der Waals surface area contributed by atoms with E-state index in [9.17, 15) is 0 Å². The van der Waals surface area contributed by atoms with Gasteiger partial charge >= 0.3 is 0 Å². The average Bonchev–Trinajstić information content (AvgIpc) is 2.79. The summed E-state index contributed by atoms with van der Waals surface area (Å²) in [7, 11) is 2.11. The largest absolute Gasteiger partial charge is 0.331 e. The maximum absolute atomic E-state index is 6.69. The van der Waals surface area contributed by atoms with E-state index < -0.39 is 0 Å². The Hall–Kier alpha value is -1.35. The first-order valence-corrected chi connectivity index (χ1v) is 8.30. The highest BCUT2D eigenvalue weighted by Crippen LogP contribution is 2.35. The highest BCUT2D eigenvalue weighted by molar-refractivity contribution is 5.75. The van der Waals surface area contributed by atoms with E-state index in [1.54, 1.807) is 0 Å². The number of nitrogens with two attached hydrogens (primary N) is 1. The quantitative estimate of drug-likeness (QED) is 0.928. The Morgan fingerprint density at radius 2 is 2.00 bits per heavy atom. The van der Waals surface area contributed by atoms with E-state index in [0.717, 1.165) is 36.5 Å². The van der Waals surface area contributed by atoms with Crippen molar-refractivity contribution < 1.29 is 0 Å². The summed E-state index contributed by atoms with van der Waals surface area (Å²) in [6, 6.07) is 8.34. The van der Waals surface area contributed by atoms with E-state index in [4.69, 9.17) is 10.7 Å². The Morgan fingerprint density at radius 1 is 1.29 bits per heavy atom. The lowest BCUT2D eigenvalue weighted by atomic mass is 9.74. The van der Waals surface area contributed by atoms with Crippen LogP contribution in [0.2, 0.25) is 0 Å². The molecule has 1 aliphatic rings. The van der Waals surface area contributed by atoms with Crippen LogP contribution in [0.15, 0.2) is 24.3 Å². The normalized spacial score (nSPS) is 26.3. The Balaban J connectivity index is 1.74. The van der Waals surface area contributed by atoms with Gasteiger partial charge in [0.1, 0.15) is 5.82 Å². The lowest BCUT2D eigenvalue weighted by molar-refractivity contribution is 0.220. The van der Waals surface area contributed by atoms with Crippen molar-refractivity contribution >= 4 is 11.0 Å². The standard InChI is InChI=1S/C18H27N3/c1-3-6-14-9-11-18(19,12-10-14)13-17-20-15-7-4-5-8-16(15)21(17)2/h4-5,7-8,14H,3,6,9-13,19H2,1-2H3. The predicted molar refractivity (Wildman–Crippen MR) is 88.2 cm³/mol. The van der Waals surface area contributed by atoms with E-state index in [-0.39, 0.29) is 5.54 Å². The number of rotatable bonds is 4. The van der Waals surface area contributed by atoms with Gasteiger partial charge in [-0.15, -0.1) is 0 Å². The van der Waals surface area contributed by atoms with Gasteiger partial charge in [-0.05, 0) is 43.7 Å². The first-order chi connectivity index (χ1) is 10.1. The summed E-state index contributed by atoms with van der Waals surface area (Å²) < 4.78 is 2.21. The molecule has 2 N–H and O–H groups in total. The predicted octanol–water partition coefficient (Wildman–Crippen LogP) is 3.80. The molecule has 3 heteroatoms. The fraction of sp³-hybridized carbons (Fsp3) is 0.611. The molecule has 1 heterocycles. The number of hydrogen-bond acceptors (Lipinski definition) is 2. The number of imidazole rings is 1. The van der Waals surface area contributed by atoms with Crippen LogP contribution in [0.1, 0.15) is 51.3 Å². The summed E-state index contributed by atoms with van der Waals surface area (Å²) in [4.78, 5) is 4.79. The number of aromatic nitrogens is 2. The average molecular weight is 285 g/mol. The van der Waals surface area contributed by atoms with Crippen molar-refractivity contribution in [3.05, 3.63) is 30.1 Å². The Morgan fingerprint density at radius 3 is 2.67 bits per heavy atom. The number of benzene rings is 1. The van der Waals surface area contributed by atoms with E-state index >= 15 is 0 Å². The van der Waals surface area contributed by atoms with Crippen LogP contribution in [-0.2, 0) is 13.5 Å². The molecular formula is C18H27N3. The van der Waals surface area contributed by atoms with Crippen molar-refractivity contribution in [1.29, 1.82) is 0 Å². The van der Waals surface area contributed by atoms with Crippen molar-refractivity contribution in [1.82, 2.24) is 9.55 Å². The first-order valence-electron chi connectivity index (χ1n) is 8.30. The highest BCUT2D eigenvalue weighted by atomic mass is 15.1. The van der Waals surface area contributed by atoms with Gasteiger partial charge in [0.2, 0.25) is 0 Å². The van der Waals surface area contributed by atoms with Crippen LogP contribution < -0.4 is 5.73 Å². The van der Waals surface area contributed by atoms with E-state index in [0.29, 0.717) is 0 Å². The molecule has 0 aliphatic heterocycles. The summed E-state index contributed by atoms with van der Waals surface area (Å²) in [5, 5.41) is 0. The van der Waals surface area contributed by atoms with Gasteiger partial charge < -0.3 is 10.3 Å². The Labute approximate surface area is 127 Å². The van der Waals surface area contributed by atoms with Crippen LogP contribution >= 0.6 is 0 Å². The summed E-state index contributed by atoms with van der Waals surface area (Å²) >= 11 is 0. The minimum atomic E-state index is -0.0562. The molecule has 0 unspecified atom stereocenters. The van der Waals surface area contributed by atoms with Gasteiger partial charge in [-0.1, -0.05) is 31.9 Å². The second-order valence-electron chi connectivity index (χ2n) is 6.85. The molecule has 1 aromatic carbocycles. The fourth-order valence-electron chi connectivity index (χ4n) is 3.79. The summed E-state index contributed by atoms with van der Waals surface area (Å²) in [5.74, 6) is 2.03. The molecular weight excluding hydrogens is 258 g/mol. The Kier molecular flexibility index (Phi) is 4.03. The molecule has 0 amide bonds. The minimum Gasteiger partial charge on any atom is -0.331 e. The first kappa shape index (κ1) is 14.6. The van der Waals surface area contributed by atoms with Crippen LogP contribution in [0.4, 0.5) is 0 Å². The molecule has 1 saturated carbocycles. The molecule has 2 aromatic rings. The molecule has 3 nitrogen and oxygen atoms in total. The van der Waals surface area contributed by atoms with Gasteiger partial charge in [-0.2, -0.15) is 0 Å². The molecule has 21 heavy (non-hydrogen) atoms. The highest BCUT2D eigenvalue weighted by Gasteiger charge is 2.32. The SMILES string of the molecule is CCCC1CCC(N)(Cc2nc3ccccc3n2C)CC1. The molecule has 1 aromatic heterocycles. The van der Waals surface area contributed by atoms with E-state index in [1.807, 2.05) is 6.07 Å². The van der Waals surface area contributed by atoms with Gasteiger partial charge in [0.15, 0.2) is 0 Å². The zero-order valence-corrected chi connectivity index (χ0v) is 13.3. The van der Waals surface area contributed by atoms with Crippen molar-refractivity contribution in [3.8, 4) is 0 Å². The molecule has 1 aliphatic carbocycles. The van der Waals surface area contributed by atoms with Crippen LogP contribution in [-0.4, -0.2) is 15.1 Å². The lowest BCUT2D eigenvalue weighted by Crippen LogP contribution is -2.45. The molecule has 0 saturated heterocycles. The van der Waals surface area contributed by atoms with Crippen LogP contribution in [0.25, 0.3) is 11.0 Å². The van der Waals surface area contributed by atoms with Crippen molar-refractivity contribution in [2.24, 2.45) is 18.7 Å². The van der Waals surface area contributed by atoms with Gasteiger partial charge in [-0.25, -0.2) is 4.98 Å². The maximum atomic E-state index is 6.69. The smallest absolute Gasteiger partial charge is 0.111 e. The maximum Gasteiger partial charge on any atom is 0.111 e. The number of aryl methyl sites for hydroxylation is 1. The van der Waals surface area contributed by atoms with Crippen molar-refractivity contribution in [2.75, 3.05) is 0 Å². The third-order valence-electron chi connectivity index (χ3n) is 5.19. The monoisotopic (exact) mass is 285 g/mol. The van der Waals surface area contributed by atoms with E-state index in [2.05, 4.69) is 36.7 Å². The second-order valence-corrected chi connectivity index (χ2v) is 6.85. The molecule has 0 atom stereocenters. The van der Waals surface area contributed by atoms with E-state index in [1.165, 1.54) is 31.2 Å². The third-order valence-corrected chi connectivity index (χ3v) is 5.19. The molecule has 0 radical (unpaired) electrons. The zero-order chi connectivity index (χ0) is 14.9. The lowest BCUT2D eigenvalue weighted by Gasteiger charge is -2.37. The minimum absolute atomic E-state index is 0.0562. The number of hydrogen-bond donors (Lipinski definition) is 1. The third kappa shape index (κ3) is 2.98. The molecule has 0 bridgehead atoms. The molecule has 114 valence electrons. The zero-order valence-electron chi connectivity index (χ0n) is 13.3. The second kappa shape index (κ2) is 5.80. The fourth-order valence-corrected chi connectivity index (χ4v) is 3.79. The van der Waals surface area contributed by atoms with Crippen molar-refractivity contribution in [3.63, 3.8) is 0 Å². The van der Waals surface area contributed by atoms with Gasteiger partial charge in [0, 0.05) is 19.0 Å². The molecule has 1 fully saturated rings.